The molecule has 5 heteroatoms. The number of rotatable bonds is 7. The minimum atomic E-state index is 0.322. The number of nitrogens with one attached hydrogen (secondary N) is 2. The molecule has 0 aromatic heterocycles. The fraction of sp³-hybridized carbons (Fsp3) is 0.632. The molecule has 1 saturated carbocycles. The second kappa shape index (κ2) is 9.40. The summed E-state index contributed by atoms with van der Waals surface area (Å²) in [6.45, 7) is 5.95. The third-order valence-corrected chi connectivity index (χ3v) is 4.19. The molecule has 0 aliphatic heterocycles. The number of methoxy groups -OCH3 is 1. The highest BCUT2D eigenvalue weighted by molar-refractivity contribution is 5.79. The Morgan fingerprint density at radius 3 is 2.58 bits per heavy atom. The van der Waals surface area contributed by atoms with Crippen LogP contribution in [0.15, 0.2) is 23.2 Å². The smallest absolute Gasteiger partial charge is 0.191 e. The molecule has 24 heavy (non-hydrogen) atoms. The van der Waals surface area contributed by atoms with Gasteiger partial charge in [0, 0.05) is 20.1 Å². The maximum atomic E-state index is 6.15. The molecule has 0 radical (unpaired) electrons. The van der Waals surface area contributed by atoms with E-state index in [-0.39, 0.29) is 0 Å². The van der Waals surface area contributed by atoms with Crippen molar-refractivity contribution < 1.29 is 9.47 Å². The average molecular weight is 333 g/mol. The second-order valence-corrected chi connectivity index (χ2v) is 6.71. The van der Waals surface area contributed by atoms with Gasteiger partial charge in [0.2, 0.25) is 0 Å². The fourth-order valence-electron chi connectivity index (χ4n) is 2.82. The Hall–Kier alpha value is -1.91. The summed E-state index contributed by atoms with van der Waals surface area (Å²) in [5, 5.41) is 6.66. The number of ether oxygens (including phenoxy) is 2. The molecule has 1 fully saturated rings. The SMILES string of the molecule is CN=C(NCc1ccc(OC)c(OC2CCCC2)c1)NCC(C)C. The van der Waals surface area contributed by atoms with Crippen molar-refractivity contribution in [3.05, 3.63) is 23.8 Å². The summed E-state index contributed by atoms with van der Waals surface area (Å²) in [4.78, 5) is 4.25. The van der Waals surface area contributed by atoms with Crippen LogP contribution in [0.4, 0.5) is 0 Å². The number of nitrogens with zero attached hydrogens (tertiary/aromatic N) is 1. The Balaban J connectivity index is 1.96. The first kappa shape index (κ1) is 18.4. The van der Waals surface area contributed by atoms with Crippen LogP contribution in [0.1, 0.15) is 45.1 Å². The van der Waals surface area contributed by atoms with E-state index in [9.17, 15) is 0 Å². The molecule has 5 nitrogen and oxygen atoms in total. The van der Waals surface area contributed by atoms with Gasteiger partial charge in [0.1, 0.15) is 0 Å². The molecule has 134 valence electrons. The molecule has 1 aliphatic carbocycles. The van der Waals surface area contributed by atoms with Crippen LogP contribution in [0.5, 0.6) is 11.5 Å². The lowest BCUT2D eigenvalue weighted by Gasteiger charge is -2.18. The molecule has 0 saturated heterocycles. The van der Waals surface area contributed by atoms with Gasteiger partial charge in [0.05, 0.1) is 13.2 Å². The van der Waals surface area contributed by atoms with Gasteiger partial charge in [0.15, 0.2) is 17.5 Å². The molecule has 2 rings (SSSR count). The largest absolute Gasteiger partial charge is 0.493 e. The highest BCUT2D eigenvalue weighted by atomic mass is 16.5. The average Bonchev–Trinajstić information content (AvgIpc) is 3.08. The highest BCUT2D eigenvalue weighted by Gasteiger charge is 2.18. The van der Waals surface area contributed by atoms with E-state index in [1.54, 1.807) is 14.2 Å². The molecule has 0 atom stereocenters. The Kier molecular flexibility index (Phi) is 7.22. The summed E-state index contributed by atoms with van der Waals surface area (Å²) < 4.78 is 11.6. The Morgan fingerprint density at radius 2 is 1.96 bits per heavy atom. The Bertz CT molecular complexity index is 537. The summed E-state index contributed by atoms with van der Waals surface area (Å²) in [6, 6.07) is 6.11. The Morgan fingerprint density at radius 1 is 1.21 bits per heavy atom. The molecule has 0 spiro atoms. The molecule has 0 amide bonds. The van der Waals surface area contributed by atoms with Crippen molar-refractivity contribution in [2.45, 2.75) is 52.2 Å². The van der Waals surface area contributed by atoms with Crippen LogP contribution in [0.2, 0.25) is 0 Å². The van der Waals surface area contributed by atoms with E-state index in [2.05, 4.69) is 41.6 Å². The summed E-state index contributed by atoms with van der Waals surface area (Å²) in [7, 11) is 3.48. The lowest BCUT2D eigenvalue weighted by atomic mass is 10.2. The first-order valence-electron chi connectivity index (χ1n) is 8.90. The first-order chi connectivity index (χ1) is 11.6. The fourth-order valence-corrected chi connectivity index (χ4v) is 2.82. The van der Waals surface area contributed by atoms with Gasteiger partial charge in [-0.25, -0.2) is 0 Å². The van der Waals surface area contributed by atoms with Crippen LogP contribution in [-0.4, -0.2) is 32.8 Å². The lowest BCUT2D eigenvalue weighted by molar-refractivity contribution is 0.200. The van der Waals surface area contributed by atoms with E-state index < -0.39 is 0 Å². The third-order valence-electron chi connectivity index (χ3n) is 4.19. The van der Waals surface area contributed by atoms with Crippen LogP contribution in [0.3, 0.4) is 0 Å². The zero-order chi connectivity index (χ0) is 17.4. The van der Waals surface area contributed by atoms with Gasteiger partial charge in [-0.15, -0.1) is 0 Å². The molecule has 0 heterocycles. The molecule has 1 aromatic rings. The zero-order valence-corrected chi connectivity index (χ0v) is 15.4. The summed E-state index contributed by atoms with van der Waals surface area (Å²) >= 11 is 0. The van der Waals surface area contributed by atoms with E-state index >= 15 is 0 Å². The van der Waals surface area contributed by atoms with Crippen molar-refractivity contribution in [2.24, 2.45) is 10.9 Å². The van der Waals surface area contributed by atoms with Gasteiger partial charge in [-0.3, -0.25) is 4.99 Å². The van der Waals surface area contributed by atoms with Crippen LogP contribution >= 0.6 is 0 Å². The number of aliphatic imine (C=N–C) groups is 1. The van der Waals surface area contributed by atoms with Gasteiger partial charge in [-0.2, -0.15) is 0 Å². The van der Waals surface area contributed by atoms with E-state index in [0.717, 1.165) is 42.4 Å². The predicted molar refractivity (Wildman–Crippen MR) is 98.9 cm³/mol. The van der Waals surface area contributed by atoms with Gasteiger partial charge in [-0.1, -0.05) is 19.9 Å². The normalized spacial score (nSPS) is 15.6. The van der Waals surface area contributed by atoms with Crippen molar-refractivity contribution in [2.75, 3.05) is 20.7 Å². The van der Waals surface area contributed by atoms with Crippen LogP contribution < -0.4 is 20.1 Å². The van der Waals surface area contributed by atoms with Crippen LogP contribution in [0.25, 0.3) is 0 Å². The summed E-state index contributed by atoms with van der Waals surface area (Å²) in [5.74, 6) is 3.04. The molecule has 1 aromatic carbocycles. The third kappa shape index (κ3) is 5.62. The molecule has 2 N–H and O–H groups in total. The van der Waals surface area contributed by atoms with Gasteiger partial charge in [0.25, 0.3) is 0 Å². The van der Waals surface area contributed by atoms with Crippen molar-refractivity contribution in [1.29, 1.82) is 0 Å². The number of benzene rings is 1. The van der Waals surface area contributed by atoms with Crippen LogP contribution in [-0.2, 0) is 6.54 Å². The standard InChI is InChI=1S/C19H31N3O2/c1-14(2)12-21-19(20-3)22-13-15-9-10-17(23-4)18(11-15)24-16-7-5-6-8-16/h9-11,14,16H,5-8,12-13H2,1-4H3,(H2,20,21,22). The maximum Gasteiger partial charge on any atom is 0.191 e. The van der Waals surface area contributed by atoms with Crippen molar-refractivity contribution in [3.8, 4) is 11.5 Å². The summed E-state index contributed by atoms with van der Waals surface area (Å²) in [5.41, 5.74) is 1.15. The van der Waals surface area contributed by atoms with Gasteiger partial charge >= 0.3 is 0 Å². The first-order valence-corrected chi connectivity index (χ1v) is 8.90. The quantitative estimate of drug-likeness (QED) is 0.593. The molecule has 1 aliphatic rings. The second-order valence-electron chi connectivity index (χ2n) is 6.71. The van der Waals surface area contributed by atoms with E-state index in [1.807, 2.05) is 6.07 Å². The van der Waals surface area contributed by atoms with E-state index in [0.29, 0.717) is 18.6 Å². The molecular weight excluding hydrogens is 302 g/mol. The molecular formula is C19H31N3O2. The number of guanidine groups is 1. The topological polar surface area (TPSA) is 54.9 Å². The minimum absolute atomic E-state index is 0.322. The Labute approximate surface area is 145 Å². The lowest BCUT2D eigenvalue weighted by Crippen LogP contribution is -2.38. The van der Waals surface area contributed by atoms with Crippen LogP contribution in [0, 0.1) is 5.92 Å². The maximum absolute atomic E-state index is 6.15. The van der Waals surface area contributed by atoms with Gasteiger partial charge < -0.3 is 20.1 Å². The molecule has 0 bridgehead atoms. The molecule has 0 unspecified atom stereocenters. The highest BCUT2D eigenvalue weighted by Crippen LogP contribution is 2.32. The van der Waals surface area contributed by atoms with Crippen molar-refractivity contribution >= 4 is 5.96 Å². The monoisotopic (exact) mass is 333 g/mol. The number of hydrogen-bond acceptors (Lipinski definition) is 3. The van der Waals surface area contributed by atoms with Crippen molar-refractivity contribution in [3.63, 3.8) is 0 Å². The number of hydrogen-bond donors (Lipinski definition) is 2. The van der Waals surface area contributed by atoms with Crippen molar-refractivity contribution in [1.82, 2.24) is 10.6 Å². The zero-order valence-electron chi connectivity index (χ0n) is 15.4. The predicted octanol–water partition coefficient (Wildman–Crippen LogP) is 3.34. The van der Waals surface area contributed by atoms with E-state index in [1.165, 1.54) is 12.8 Å². The van der Waals surface area contributed by atoms with E-state index in [4.69, 9.17) is 9.47 Å². The van der Waals surface area contributed by atoms with Gasteiger partial charge in [-0.05, 0) is 49.3 Å². The minimum Gasteiger partial charge on any atom is -0.493 e. The summed E-state index contributed by atoms with van der Waals surface area (Å²) in [6.07, 6.45) is 5.11.